The highest BCUT2D eigenvalue weighted by Gasteiger charge is 2.40. The maximum atomic E-state index is 12.0. The minimum atomic E-state index is -1.93. The van der Waals surface area contributed by atoms with Gasteiger partial charge in [0.1, 0.15) is 12.4 Å². The number of benzene rings is 1. The molecule has 0 bridgehead atoms. The molecule has 1 aromatic rings. The van der Waals surface area contributed by atoms with Gasteiger partial charge in [0.2, 0.25) is 0 Å². The zero-order chi connectivity index (χ0) is 19.0. The van der Waals surface area contributed by atoms with Gasteiger partial charge in [0.05, 0.1) is 13.2 Å². The molecular formula is C17H23ClO7. The number of hydrogen-bond acceptors (Lipinski definition) is 6. The van der Waals surface area contributed by atoms with E-state index >= 15 is 0 Å². The zero-order valence-corrected chi connectivity index (χ0v) is 15.5. The third kappa shape index (κ3) is 5.97. The second-order valence-corrected chi connectivity index (χ2v) is 5.76. The van der Waals surface area contributed by atoms with Crippen LogP contribution in [0.4, 0.5) is 0 Å². The van der Waals surface area contributed by atoms with E-state index in [0.717, 1.165) is 11.1 Å². The summed E-state index contributed by atoms with van der Waals surface area (Å²) in [6.07, 6.45) is 0.0124. The van der Waals surface area contributed by atoms with Gasteiger partial charge >= 0.3 is 11.9 Å². The SMILES string of the molecule is CCC(OCCOC)(OCC(=O)Oc1cc(C)c(Cl)c(C)c1)C(=O)O. The Kier molecular flexibility index (Phi) is 8.31. The van der Waals surface area contributed by atoms with Crippen molar-refractivity contribution in [3.8, 4) is 5.75 Å². The lowest BCUT2D eigenvalue weighted by molar-refractivity contribution is -0.248. The van der Waals surface area contributed by atoms with Gasteiger partial charge in [0.25, 0.3) is 5.79 Å². The smallest absolute Gasteiger partial charge is 0.364 e. The van der Waals surface area contributed by atoms with Gasteiger partial charge in [-0.1, -0.05) is 18.5 Å². The molecule has 0 amide bonds. The molecule has 0 fully saturated rings. The number of carboxylic acid groups (broad SMARTS) is 1. The molecule has 0 spiro atoms. The predicted octanol–water partition coefficient (Wildman–Crippen LogP) is 2.73. The number of carbonyl (C=O) groups excluding carboxylic acids is 1. The average Bonchev–Trinajstić information content (AvgIpc) is 2.55. The fraction of sp³-hybridized carbons (Fsp3) is 0.529. The summed E-state index contributed by atoms with van der Waals surface area (Å²) >= 11 is 6.06. The first-order valence-electron chi connectivity index (χ1n) is 7.73. The minimum absolute atomic E-state index is 0.0124. The summed E-state index contributed by atoms with van der Waals surface area (Å²) in [6, 6.07) is 3.24. The molecule has 0 saturated heterocycles. The quantitative estimate of drug-likeness (QED) is 0.291. The first-order chi connectivity index (χ1) is 11.8. The van der Waals surface area contributed by atoms with Crippen molar-refractivity contribution in [2.75, 3.05) is 26.9 Å². The molecular weight excluding hydrogens is 352 g/mol. The Balaban J connectivity index is 2.72. The van der Waals surface area contributed by atoms with Crippen molar-refractivity contribution in [2.45, 2.75) is 33.0 Å². The normalized spacial score (nSPS) is 13.3. The van der Waals surface area contributed by atoms with Crippen LogP contribution < -0.4 is 4.74 Å². The highest BCUT2D eigenvalue weighted by Crippen LogP contribution is 2.26. The number of halogens is 1. The molecule has 1 aromatic carbocycles. The monoisotopic (exact) mass is 374 g/mol. The maximum absolute atomic E-state index is 12.0. The van der Waals surface area contributed by atoms with Crippen LogP contribution in [0.3, 0.4) is 0 Å². The number of hydrogen-bond donors (Lipinski definition) is 1. The van der Waals surface area contributed by atoms with Crippen molar-refractivity contribution in [2.24, 2.45) is 0 Å². The largest absolute Gasteiger partial charge is 0.477 e. The van der Waals surface area contributed by atoms with Gasteiger partial charge in [0.15, 0.2) is 0 Å². The molecule has 8 heteroatoms. The third-order valence-corrected chi connectivity index (χ3v) is 4.07. The summed E-state index contributed by atoms with van der Waals surface area (Å²) in [5, 5.41) is 9.97. The van der Waals surface area contributed by atoms with E-state index < -0.39 is 24.3 Å². The van der Waals surface area contributed by atoms with Crippen LogP contribution in [-0.4, -0.2) is 49.8 Å². The van der Waals surface area contributed by atoms with Gasteiger partial charge in [-0.05, 0) is 37.1 Å². The predicted molar refractivity (Wildman–Crippen MR) is 91.0 cm³/mol. The molecule has 0 aliphatic heterocycles. The van der Waals surface area contributed by atoms with Gasteiger partial charge in [-0.2, -0.15) is 0 Å². The highest BCUT2D eigenvalue weighted by atomic mass is 35.5. The van der Waals surface area contributed by atoms with Crippen molar-refractivity contribution in [1.29, 1.82) is 0 Å². The second kappa shape index (κ2) is 9.72. The summed E-state index contributed by atoms with van der Waals surface area (Å²) in [7, 11) is 1.46. The van der Waals surface area contributed by atoms with Crippen LogP contribution in [0.25, 0.3) is 0 Å². The van der Waals surface area contributed by atoms with Crippen LogP contribution >= 0.6 is 11.6 Å². The van der Waals surface area contributed by atoms with Crippen molar-refractivity contribution in [3.05, 3.63) is 28.3 Å². The van der Waals surface area contributed by atoms with E-state index in [1.807, 2.05) is 0 Å². The number of aryl methyl sites for hydroxylation is 2. The van der Waals surface area contributed by atoms with E-state index in [2.05, 4.69) is 0 Å². The lowest BCUT2D eigenvalue weighted by Gasteiger charge is -2.27. The molecule has 25 heavy (non-hydrogen) atoms. The van der Waals surface area contributed by atoms with E-state index in [0.29, 0.717) is 10.8 Å². The fourth-order valence-corrected chi connectivity index (χ4v) is 2.22. The van der Waals surface area contributed by atoms with E-state index in [1.54, 1.807) is 32.9 Å². The Morgan fingerprint density at radius 3 is 2.24 bits per heavy atom. The Hall–Kier alpha value is -1.67. The molecule has 0 heterocycles. The third-order valence-electron chi connectivity index (χ3n) is 3.48. The van der Waals surface area contributed by atoms with Crippen LogP contribution in [0, 0.1) is 13.8 Å². The van der Waals surface area contributed by atoms with Gasteiger partial charge in [-0.3, -0.25) is 0 Å². The standard InChI is InChI=1S/C17H23ClO7/c1-5-17(16(20)21,23-7-6-22-4)24-10-14(19)25-13-8-11(2)15(18)12(3)9-13/h8-9H,5-7,10H2,1-4H3,(H,20,21). The Morgan fingerprint density at radius 1 is 1.16 bits per heavy atom. The van der Waals surface area contributed by atoms with Crippen molar-refractivity contribution >= 4 is 23.5 Å². The molecule has 0 saturated carbocycles. The van der Waals surface area contributed by atoms with Gasteiger partial charge in [-0.25, -0.2) is 9.59 Å². The number of carbonyl (C=O) groups is 2. The van der Waals surface area contributed by atoms with Crippen molar-refractivity contribution in [1.82, 2.24) is 0 Å². The summed E-state index contributed by atoms with van der Waals surface area (Å²) < 4.78 is 20.5. The molecule has 1 rings (SSSR count). The van der Waals surface area contributed by atoms with Crippen LogP contribution in [0.15, 0.2) is 12.1 Å². The maximum Gasteiger partial charge on any atom is 0.364 e. The van der Waals surface area contributed by atoms with Crippen LogP contribution in [0.5, 0.6) is 5.75 Å². The van der Waals surface area contributed by atoms with E-state index in [9.17, 15) is 14.7 Å². The first kappa shape index (κ1) is 21.4. The van der Waals surface area contributed by atoms with Crippen LogP contribution in [0.2, 0.25) is 5.02 Å². The molecule has 0 radical (unpaired) electrons. The Labute approximate surface area is 151 Å². The Bertz CT molecular complexity index is 594. The summed E-state index contributed by atoms with van der Waals surface area (Å²) in [5.74, 6) is -3.68. The molecule has 0 aromatic heterocycles. The number of esters is 1. The van der Waals surface area contributed by atoms with E-state index in [-0.39, 0.29) is 19.6 Å². The number of ether oxygens (including phenoxy) is 4. The lowest BCUT2D eigenvalue weighted by Crippen LogP contribution is -2.46. The molecule has 1 N–H and O–H groups in total. The number of aliphatic carboxylic acids is 1. The van der Waals surface area contributed by atoms with Gasteiger partial charge in [-0.15, -0.1) is 0 Å². The van der Waals surface area contributed by atoms with Gasteiger partial charge in [0, 0.05) is 18.6 Å². The Morgan fingerprint density at radius 2 is 1.76 bits per heavy atom. The van der Waals surface area contributed by atoms with E-state index in [4.69, 9.17) is 30.5 Å². The highest BCUT2D eigenvalue weighted by molar-refractivity contribution is 6.32. The molecule has 0 aliphatic carbocycles. The fourth-order valence-electron chi connectivity index (χ4n) is 2.11. The van der Waals surface area contributed by atoms with Crippen molar-refractivity contribution < 1.29 is 33.6 Å². The van der Waals surface area contributed by atoms with Crippen LogP contribution in [-0.2, 0) is 23.8 Å². The molecule has 1 unspecified atom stereocenters. The molecule has 0 aliphatic rings. The molecule has 140 valence electrons. The number of rotatable bonds is 10. The second-order valence-electron chi connectivity index (χ2n) is 5.39. The summed E-state index contributed by atoms with van der Waals surface area (Å²) in [5.41, 5.74) is 1.53. The minimum Gasteiger partial charge on any atom is -0.477 e. The number of carboxylic acids is 1. The van der Waals surface area contributed by atoms with E-state index in [1.165, 1.54) is 7.11 Å². The first-order valence-corrected chi connectivity index (χ1v) is 8.11. The number of methoxy groups -OCH3 is 1. The summed E-state index contributed by atoms with van der Waals surface area (Å²) in [4.78, 5) is 23.5. The zero-order valence-electron chi connectivity index (χ0n) is 14.8. The lowest BCUT2D eigenvalue weighted by atomic mass is 10.1. The molecule has 7 nitrogen and oxygen atoms in total. The topological polar surface area (TPSA) is 91.3 Å². The van der Waals surface area contributed by atoms with Gasteiger partial charge < -0.3 is 24.1 Å². The average molecular weight is 375 g/mol. The molecule has 1 atom stereocenters. The van der Waals surface area contributed by atoms with Crippen LogP contribution in [0.1, 0.15) is 24.5 Å². The summed E-state index contributed by atoms with van der Waals surface area (Å²) in [6.45, 7) is 4.80. The van der Waals surface area contributed by atoms with Crippen molar-refractivity contribution in [3.63, 3.8) is 0 Å².